The van der Waals surface area contributed by atoms with Gasteiger partial charge in [-0.1, -0.05) is 41.4 Å². The van der Waals surface area contributed by atoms with Crippen molar-refractivity contribution in [3.63, 3.8) is 0 Å². The SMILES string of the molecule is O=C(Nc1ccccc1)Oc1c(Cl)cc(Cl)cc1Br. The molecule has 0 heterocycles. The Hall–Kier alpha value is -1.23. The predicted molar refractivity (Wildman–Crippen MR) is 80.3 cm³/mol. The van der Waals surface area contributed by atoms with Crippen LogP contribution in [0.25, 0.3) is 0 Å². The Morgan fingerprint density at radius 2 is 1.84 bits per heavy atom. The van der Waals surface area contributed by atoms with Crippen molar-refractivity contribution in [1.82, 2.24) is 0 Å². The van der Waals surface area contributed by atoms with Gasteiger partial charge in [0.1, 0.15) is 0 Å². The van der Waals surface area contributed by atoms with Crippen LogP contribution in [0.2, 0.25) is 10.0 Å². The topological polar surface area (TPSA) is 38.3 Å². The lowest BCUT2D eigenvalue weighted by molar-refractivity contribution is 0.215. The summed E-state index contributed by atoms with van der Waals surface area (Å²) in [5.74, 6) is 0.222. The van der Waals surface area contributed by atoms with E-state index in [1.165, 1.54) is 6.07 Å². The summed E-state index contributed by atoms with van der Waals surface area (Å²) in [6.07, 6.45) is -0.629. The van der Waals surface area contributed by atoms with Crippen molar-refractivity contribution in [1.29, 1.82) is 0 Å². The molecule has 0 unspecified atom stereocenters. The van der Waals surface area contributed by atoms with Gasteiger partial charge >= 0.3 is 6.09 Å². The molecule has 0 aliphatic carbocycles. The molecule has 0 atom stereocenters. The molecule has 1 N–H and O–H groups in total. The Balaban J connectivity index is 2.12. The van der Waals surface area contributed by atoms with E-state index < -0.39 is 6.09 Å². The van der Waals surface area contributed by atoms with Crippen LogP contribution in [0.1, 0.15) is 0 Å². The monoisotopic (exact) mass is 359 g/mol. The fourth-order valence-electron chi connectivity index (χ4n) is 1.38. The highest BCUT2D eigenvalue weighted by Crippen LogP contribution is 2.36. The van der Waals surface area contributed by atoms with Crippen molar-refractivity contribution in [3.8, 4) is 5.75 Å². The molecule has 0 aliphatic rings. The number of carbonyl (C=O) groups is 1. The molecule has 3 nitrogen and oxygen atoms in total. The van der Waals surface area contributed by atoms with Crippen molar-refractivity contribution in [2.24, 2.45) is 0 Å². The molecular weight excluding hydrogens is 353 g/mol. The van der Waals surface area contributed by atoms with Gasteiger partial charge in [0, 0.05) is 10.7 Å². The van der Waals surface area contributed by atoms with E-state index in [0.717, 1.165) is 0 Å². The van der Waals surface area contributed by atoms with E-state index >= 15 is 0 Å². The first-order valence-electron chi connectivity index (χ1n) is 5.24. The third-order valence-electron chi connectivity index (χ3n) is 2.18. The van der Waals surface area contributed by atoms with Gasteiger partial charge in [-0.15, -0.1) is 0 Å². The van der Waals surface area contributed by atoms with Crippen LogP contribution in [0.5, 0.6) is 5.75 Å². The zero-order valence-electron chi connectivity index (χ0n) is 9.49. The highest BCUT2D eigenvalue weighted by atomic mass is 79.9. The number of benzene rings is 2. The normalized spacial score (nSPS) is 10.1. The van der Waals surface area contributed by atoms with E-state index in [0.29, 0.717) is 15.2 Å². The summed E-state index contributed by atoms with van der Waals surface area (Å²) >= 11 is 15.0. The second-order valence-corrected chi connectivity index (χ2v) is 5.28. The Morgan fingerprint density at radius 1 is 1.16 bits per heavy atom. The van der Waals surface area contributed by atoms with Crippen LogP contribution >= 0.6 is 39.1 Å². The number of ether oxygens (including phenoxy) is 1. The maximum absolute atomic E-state index is 11.7. The van der Waals surface area contributed by atoms with Crippen LogP contribution in [-0.2, 0) is 0 Å². The van der Waals surface area contributed by atoms with E-state index in [4.69, 9.17) is 27.9 Å². The van der Waals surface area contributed by atoms with Crippen LogP contribution in [0.15, 0.2) is 46.9 Å². The summed E-state index contributed by atoms with van der Waals surface area (Å²) in [6, 6.07) is 12.1. The zero-order chi connectivity index (χ0) is 13.8. The van der Waals surface area contributed by atoms with Gasteiger partial charge in [-0.2, -0.15) is 0 Å². The van der Waals surface area contributed by atoms with Gasteiger partial charge in [0.15, 0.2) is 5.75 Å². The van der Waals surface area contributed by atoms with Gasteiger partial charge in [-0.25, -0.2) is 4.79 Å². The largest absolute Gasteiger partial charge is 0.417 e. The number of hydrogen-bond donors (Lipinski definition) is 1. The van der Waals surface area contributed by atoms with E-state index in [1.54, 1.807) is 30.3 Å². The van der Waals surface area contributed by atoms with E-state index in [2.05, 4.69) is 21.2 Å². The van der Waals surface area contributed by atoms with Gasteiger partial charge in [-0.05, 0) is 40.2 Å². The van der Waals surface area contributed by atoms with Crippen LogP contribution in [0.3, 0.4) is 0 Å². The summed E-state index contributed by atoms with van der Waals surface area (Å²) in [4.78, 5) is 11.7. The molecule has 0 radical (unpaired) electrons. The second-order valence-electron chi connectivity index (χ2n) is 3.58. The first kappa shape index (κ1) is 14.2. The molecule has 0 bridgehead atoms. The molecule has 98 valence electrons. The van der Waals surface area contributed by atoms with Gasteiger partial charge in [-0.3, -0.25) is 5.32 Å². The van der Waals surface area contributed by atoms with Gasteiger partial charge < -0.3 is 4.74 Å². The maximum atomic E-state index is 11.7. The summed E-state index contributed by atoms with van der Waals surface area (Å²) in [7, 11) is 0. The van der Waals surface area contributed by atoms with Crippen LogP contribution in [0.4, 0.5) is 10.5 Å². The lowest BCUT2D eigenvalue weighted by Crippen LogP contribution is -2.17. The van der Waals surface area contributed by atoms with E-state index in [1.807, 2.05) is 6.07 Å². The molecule has 0 aliphatic heterocycles. The van der Waals surface area contributed by atoms with Crippen molar-refractivity contribution in [2.75, 3.05) is 5.32 Å². The summed E-state index contributed by atoms with van der Waals surface area (Å²) in [6.45, 7) is 0. The van der Waals surface area contributed by atoms with Crippen molar-refractivity contribution in [2.45, 2.75) is 0 Å². The minimum absolute atomic E-state index is 0.222. The fraction of sp³-hybridized carbons (Fsp3) is 0. The van der Waals surface area contributed by atoms with E-state index in [-0.39, 0.29) is 10.8 Å². The van der Waals surface area contributed by atoms with Gasteiger partial charge in [0.2, 0.25) is 0 Å². The predicted octanol–water partition coefficient (Wildman–Crippen LogP) is 5.37. The molecule has 0 saturated heterocycles. The standard InChI is InChI=1S/C13H8BrCl2NO2/c14-10-6-8(15)7-11(16)12(10)19-13(18)17-9-4-2-1-3-5-9/h1-7H,(H,17,18). The number of para-hydroxylation sites is 1. The number of anilines is 1. The second kappa shape index (κ2) is 6.28. The minimum Gasteiger partial charge on any atom is -0.407 e. The van der Waals surface area contributed by atoms with Crippen LogP contribution < -0.4 is 10.1 Å². The highest BCUT2D eigenvalue weighted by Gasteiger charge is 2.13. The number of carbonyl (C=O) groups excluding carboxylic acids is 1. The van der Waals surface area contributed by atoms with Crippen molar-refractivity contribution in [3.05, 3.63) is 57.0 Å². The molecule has 2 rings (SSSR count). The van der Waals surface area contributed by atoms with Crippen LogP contribution in [-0.4, -0.2) is 6.09 Å². The van der Waals surface area contributed by atoms with E-state index in [9.17, 15) is 4.79 Å². The Morgan fingerprint density at radius 3 is 2.47 bits per heavy atom. The number of halogens is 3. The molecule has 0 spiro atoms. The highest BCUT2D eigenvalue weighted by molar-refractivity contribution is 9.10. The summed E-state index contributed by atoms with van der Waals surface area (Å²) in [5, 5.41) is 3.29. The summed E-state index contributed by atoms with van der Waals surface area (Å²) in [5.41, 5.74) is 0.633. The van der Waals surface area contributed by atoms with Gasteiger partial charge in [0.25, 0.3) is 0 Å². The molecule has 19 heavy (non-hydrogen) atoms. The smallest absolute Gasteiger partial charge is 0.407 e. The quantitative estimate of drug-likeness (QED) is 0.782. The minimum atomic E-state index is -0.629. The molecule has 2 aromatic carbocycles. The number of hydrogen-bond acceptors (Lipinski definition) is 2. The number of rotatable bonds is 2. The summed E-state index contributed by atoms with van der Waals surface area (Å²) < 4.78 is 5.65. The molecule has 0 fully saturated rings. The van der Waals surface area contributed by atoms with Crippen molar-refractivity contribution < 1.29 is 9.53 Å². The lowest BCUT2D eigenvalue weighted by atomic mass is 10.3. The van der Waals surface area contributed by atoms with Crippen molar-refractivity contribution >= 4 is 50.9 Å². The third kappa shape index (κ3) is 3.86. The molecule has 0 aromatic heterocycles. The Kier molecular flexibility index (Phi) is 4.69. The average Bonchev–Trinajstić information content (AvgIpc) is 2.35. The van der Waals surface area contributed by atoms with Crippen LogP contribution in [0, 0.1) is 0 Å². The first-order chi connectivity index (χ1) is 9.06. The maximum Gasteiger partial charge on any atom is 0.417 e. The molecular formula is C13H8BrCl2NO2. The number of nitrogens with one attached hydrogen (secondary N) is 1. The Labute approximate surface area is 128 Å². The molecule has 0 saturated carbocycles. The fourth-order valence-corrected chi connectivity index (χ4v) is 2.70. The van der Waals surface area contributed by atoms with Gasteiger partial charge in [0.05, 0.1) is 9.50 Å². The third-order valence-corrected chi connectivity index (χ3v) is 3.27. The number of amides is 1. The lowest BCUT2D eigenvalue weighted by Gasteiger charge is -2.10. The first-order valence-corrected chi connectivity index (χ1v) is 6.79. The Bertz CT molecular complexity index is 582. The molecule has 2 aromatic rings. The molecule has 6 heteroatoms. The average molecular weight is 361 g/mol. The zero-order valence-corrected chi connectivity index (χ0v) is 12.6. The molecule has 1 amide bonds.